The second-order valence-corrected chi connectivity index (χ2v) is 4.97. The molecule has 0 fully saturated rings. The number of aldehydes is 1. The first kappa shape index (κ1) is 8.72. The van der Waals surface area contributed by atoms with E-state index in [0.29, 0.717) is 9.35 Å². The molecule has 0 aliphatic carbocycles. The summed E-state index contributed by atoms with van der Waals surface area (Å²) < 4.78 is 1.61. The van der Waals surface area contributed by atoms with Crippen LogP contribution in [0.25, 0.3) is 10.1 Å². The van der Waals surface area contributed by atoms with Crippen LogP contribution < -0.4 is 0 Å². The Bertz CT molecular complexity index is 476. The fraction of sp³-hybridized carbons (Fsp3) is 0. The van der Waals surface area contributed by atoms with E-state index >= 15 is 0 Å². The molecule has 1 aromatic carbocycles. The number of hydrogen-bond acceptors (Lipinski definition) is 3. The molecule has 0 bridgehead atoms. The van der Waals surface area contributed by atoms with Gasteiger partial charge in [0.1, 0.15) is 15.8 Å². The van der Waals surface area contributed by atoms with Crippen molar-refractivity contribution >= 4 is 43.6 Å². The zero-order valence-electron chi connectivity index (χ0n) is 6.45. The van der Waals surface area contributed by atoms with Crippen LogP contribution in [0.5, 0.6) is 5.75 Å². The van der Waals surface area contributed by atoms with Crippen LogP contribution in [-0.2, 0) is 0 Å². The second-order valence-electron chi connectivity index (χ2n) is 2.60. The lowest BCUT2D eigenvalue weighted by atomic mass is 10.2. The van der Waals surface area contributed by atoms with Crippen molar-refractivity contribution in [2.45, 2.75) is 0 Å². The number of carbonyl (C=O) groups excluding carboxylic acids is 1. The Hall–Kier alpha value is -0.870. The lowest BCUT2D eigenvalue weighted by Gasteiger charge is -1.91. The summed E-state index contributed by atoms with van der Waals surface area (Å²) in [5, 5.41) is 10.3. The minimum absolute atomic E-state index is 0.248. The predicted molar refractivity (Wildman–Crippen MR) is 56.6 cm³/mol. The SMILES string of the molecule is O=Cc1ccc2c(O)c(Br)sc2c1. The van der Waals surface area contributed by atoms with Crippen LogP contribution in [-0.4, -0.2) is 11.4 Å². The molecule has 0 aliphatic rings. The molecule has 1 aromatic heterocycles. The highest BCUT2D eigenvalue weighted by Crippen LogP contribution is 2.40. The van der Waals surface area contributed by atoms with Gasteiger partial charge >= 0.3 is 0 Å². The highest BCUT2D eigenvalue weighted by Gasteiger charge is 2.08. The smallest absolute Gasteiger partial charge is 0.150 e. The van der Waals surface area contributed by atoms with Crippen molar-refractivity contribution in [2.24, 2.45) is 0 Å². The summed E-state index contributed by atoms with van der Waals surface area (Å²) in [6, 6.07) is 5.20. The monoisotopic (exact) mass is 256 g/mol. The van der Waals surface area contributed by atoms with Gasteiger partial charge in [-0.1, -0.05) is 6.07 Å². The summed E-state index contributed by atoms with van der Waals surface area (Å²) in [5.41, 5.74) is 0.626. The van der Waals surface area contributed by atoms with Crippen LogP contribution in [0.3, 0.4) is 0 Å². The van der Waals surface area contributed by atoms with Gasteiger partial charge in [-0.2, -0.15) is 0 Å². The maximum atomic E-state index is 10.5. The van der Waals surface area contributed by atoms with Gasteiger partial charge in [-0.05, 0) is 28.1 Å². The van der Waals surface area contributed by atoms with Crippen LogP contribution in [0.2, 0.25) is 0 Å². The number of halogens is 1. The maximum Gasteiger partial charge on any atom is 0.150 e. The number of thiophene rings is 1. The van der Waals surface area contributed by atoms with E-state index in [0.717, 1.165) is 16.4 Å². The minimum Gasteiger partial charge on any atom is -0.505 e. The van der Waals surface area contributed by atoms with Gasteiger partial charge in [-0.15, -0.1) is 11.3 Å². The van der Waals surface area contributed by atoms with Gasteiger partial charge in [0.2, 0.25) is 0 Å². The number of aromatic hydroxyl groups is 1. The first-order valence-electron chi connectivity index (χ1n) is 3.58. The summed E-state index contributed by atoms with van der Waals surface area (Å²) in [5.74, 6) is 0.248. The van der Waals surface area contributed by atoms with Crippen molar-refractivity contribution in [3.63, 3.8) is 0 Å². The normalized spacial score (nSPS) is 10.5. The van der Waals surface area contributed by atoms with Crippen LogP contribution in [0.4, 0.5) is 0 Å². The molecule has 0 saturated carbocycles. The number of benzene rings is 1. The zero-order chi connectivity index (χ0) is 9.42. The van der Waals surface area contributed by atoms with Crippen LogP contribution >= 0.6 is 27.3 Å². The molecule has 66 valence electrons. The number of fused-ring (bicyclic) bond motifs is 1. The van der Waals surface area contributed by atoms with E-state index in [2.05, 4.69) is 15.9 Å². The van der Waals surface area contributed by atoms with Crippen LogP contribution in [0.15, 0.2) is 22.0 Å². The molecule has 0 aliphatic heterocycles. The third kappa shape index (κ3) is 1.36. The maximum absolute atomic E-state index is 10.5. The molecule has 1 N–H and O–H groups in total. The largest absolute Gasteiger partial charge is 0.505 e. The molecule has 0 unspecified atom stereocenters. The van der Waals surface area contributed by atoms with Crippen LogP contribution in [0, 0.1) is 0 Å². The van der Waals surface area contributed by atoms with E-state index in [1.807, 2.05) is 0 Å². The average Bonchev–Trinajstić information content (AvgIpc) is 2.42. The standard InChI is InChI=1S/C9H5BrO2S/c10-9-8(12)6-2-1-5(4-11)3-7(6)13-9/h1-4,12H. The molecule has 0 amide bonds. The Balaban J connectivity index is 2.79. The molecule has 2 rings (SSSR count). The van der Waals surface area contributed by atoms with E-state index in [-0.39, 0.29) is 5.75 Å². The average molecular weight is 257 g/mol. The van der Waals surface area contributed by atoms with Crippen molar-refractivity contribution in [3.8, 4) is 5.75 Å². The van der Waals surface area contributed by atoms with Crippen molar-refractivity contribution in [3.05, 3.63) is 27.5 Å². The third-order valence-electron chi connectivity index (χ3n) is 1.78. The Morgan fingerprint density at radius 1 is 1.46 bits per heavy atom. The van der Waals surface area contributed by atoms with Gasteiger partial charge in [0.05, 0.1) is 0 Å². The molecule has 4 heteroatoms. The highest BCUT2D eigenvalue weighted by molar-refractivity contribution is 9.11. The molecule has 2 nitrogen and oxygen atoms in total. The fourth-order valence-corrected chi connectivity index (χ4v) is 2.75. The Kier molecular flexibility index (Phi) is 2.09. The summed E-state index contributed by atoms with van der Waals surface area (Å²) in [4.78, 5) is 10.5. The lowest BCUT2D eigenvalue weighted by Crippen LogP contribution is -1.75. The Morgan fingerprint density at radius 2 is 2.23 bits per heavy atom. The zero-order valence-corrected chi connectivity index (χ0v) is 8.85. The summed E-state index contributed by atoms with van der Waals surface area (Å²) >= 11 is 4.65. The number of rotatable bonds is 1. The van der Waals surface area contributed by atoms with Crippen molar-refractivity contribution in [2.75, 3.05) is 0 Å². The van der Waals surface area contributed by atoms with E-state index in [9.17, 15) is 9.90 Å². The van der Waals surface area contributed by atoms with E-state index in [1.165, 1.54) is 11.3 Å². The summed E-state index contributed by atoms with van der Waals surface area (Å²) in [7, 11) is 0. The van der Waals surface area contributed by atoms with Gasteiger partial charge in [0.25, 0.3) is 0 Å². The van der Waals surface area contributed by atoms with E-state index in [1.54, 1.807) is 18.2 Å². The minimum atomic E-state index is 0.248. The fourth-order valence-electron chi connectivity index (χ4n) is 1.14. The molecular weight excluding hydrogens is 252 g/mol. The molecular formula is C9H5BrO2S. The number of carbonyl (C=O) groups is 1. The van der Waals surface area contributed by atoms with Gasteiger partial charge in [-0.3, -0.25) is 4.79 Å². The Labute approximate surface area is 86.9 Å². The molecule has 1 heterocycles. The van der Waals surface area contributed by atoms with Crippen molar-refractivity contribution in [1.82, 2.24) is 0 Å². The van der Waals surface area contributed by atoms with Crippen molar-refractivity contribution in [1.29, 1.82) is 0 Å². The first-order chi connectivity index (χ1) is 6.22. The van der Waals surface area contributed by atoms with E-state index in [4.69, 9.17) is 0 Å². The topological polar surface area (TPSA) is 37.3 Å². The van der Waals surface area contributed by atoms with Gasteiger partial charge in [0.15, 0.2) is 0 Å². The van der Waals surface area contributed by atoms with Gasteiger partial charge in [-0.25, -0.2) is 0 Å². The first-order valence-corrected chi connectivity index (χ1v) is 5.19. The second kappa shape index (κ2) is 3.12. The van der Waals surface area contributed by atoms with E-state index < -0.39 is 0 Å². The molecule has 0 saturated heterocycles. The van der Waals surface area contributed by atoms with Crippen molar-refractivity contribution < 1.29 is 9.90 Å². The van der Waals surface area contributed by atoms with Gasteiger partial charge < -0.3 is 5.11 Å². The quantitative estimate of drug-likeness (QED) is 0.796. The van der Waals surface area contributed by atoms with Gasteiger partial charge in [0, 0.05) is 15.6 Å². The van der Waals surface area contributed by atoms with Crippen LogP contribution in [0.1, 0.15) is 10.4 Å². The highest BCUT2D eigenvalue weighted by atomic mass is 79.9. The lowest BCUT2D eigenvalue weighted by molar-refractivity contribution is 0.112. The molecule has 2 aromatic rings. The molecule has 0 radical (unpaired) electrons. The predicted octanol–water partition coefficient (Wildman–Crippen LogP) is 3.18. The molecule has 0 spiro atoms. The molecule has 13 heavy (non-hydrogen) atoms. The molecule has 0 atom stereocenters. The third-order valence-corrected chi connectivity index (χ3v) is 3.57. The summed E-state index contributed by atoms with van der Waals surface area (Å²) in [6.07, 6.45) is 0.796. The number of hydrogen-bond donors (Lipinski definition) is 1. The summed E-state index contributed by atoms with van der Waals surface area (Å²) in [6.45, 7) is 0. The Morgan fingerprint density at radius 3 is 2.92 bits per heavy atom.